The Morgan fingerprint density at radius 2 is 2.16 bits per heavy atom. The molecule has 0 aliphatic heterocycles. The lowest BCUT2D eigenvalue weighted by Gasteiger charge is -2.16. The molecule has 2 rings (SSSR count). The van der Waals surface area contributed by atoms with Gasteiger partial charge in [-0.25, -0.2) is 4.68 Å². The van der Waals surface area contributed by atoms with Crippen LogP contribution in [-0.2, 0) is 0 Å². The molecular weight excluding hydrogens is 306 g/mol. The molecule has 1 aromatic heterocycles. The van der Waals surface area contributed by atoms with E-state index in [9.17, 15) is 0 Å². The molecule has 2 N–H and O–H groups in total. The van der Waals surface area contributed by atoms with E-state index in [1.807, 2.05) is 22.9 Å². The van der Waals surface area contributed by atoms with Gasteiger partial charge < -0.3 is 5.73 Å². The molecule has 0 saturated heterocycles. The third kappa shape index (κ3) is 2.78. The maximum Gasteiger partial charge on any atom is 0.183 e. The molecule has 0 spiro atoms. The summed E-state index contributed by atoms with van der Waals surface area (Å²) < 4.78 is 2.75. The van der Waals surface area contributed by atoms with E-state index >= 15 is 0 Å². The van der Waals surface area contributed by atoms with Gasteiger partial charge in [-0.1, -0.05) is 26.3 Å². The highest BCUT2D eigenvalue weighted by atomic mass is 79.9. The first kappa shape index (κ1) is 14.0. The predicted octanol–water partition coefficient (Wildman–Crippen LogP) is 3.44. The first-order valence-electron chi connectivity index (χ1n) is 6.51. The average Bonchev–Trinajstić information content (AvgIpc) is 2.88. The minimum Gasteiger partial charge on any atom is -0.398 e. The van der Waals surface area contributed by atoms with Crippen molar-refractivity contribution in [2.45, 2.75) is 39.2 Å². The molecule has 0 aliphatic rings. The van der Waals surface area contributed by atoms with Gasteiger partial charge in [0, 0.05) is 11.3 Å². The molecule has 0 saturated carbocycles. The van der Waals surface area contributed by atoms with Gasteiger partial charge in [0.25, 0.3) is 0 Å². The minimum absolute atomic E-state index is 0.323. The summed E-state index contributed by atoms with van der Waals surface area (Å²) in [5.74, 6) is 0.763. The largest absolute Gasteiger partial charge is 0.398 e. The lowest BCUT2D eigenvalue weighted by atomic mass is 10.1. The second-order valence-electron chi connectivity index (χ2n) is 4.51. The molecule has 2 aromatic rings. The summed E-state index contributed by atoms with van der Waals surface area (Å²) >= 11 is 3.51. The number of rotatable bonds is 5. The summed E-state index contributed by atoms with van der Waals surface area (Å²) in [5.41, 5.74) is 7.54. The van der Waals surface area contributed by atoms with Crippen LogP contribution in [0.5, 0.6) is 0 Å². The van der Waals surface area contributed by atoms with E-state index in [0.717, 1.165) is 35.1 Å². The van der Waals surface area contributed by atoms with E-state index in [4.69, 9.17) is 5.73 Å². The fourth-order valence-electron chi connectivity index (χ4n) is 2.17. The van der Waals surface area contributed by atoms with Crippen LogP contribution in [0.25, 0.3) is 11.4 Å². The Labute approximate surface area is 121 Å². The highest BCUT2D eigenvalue weighted by Gasteiger charge is 2.18. The molecule has 1 atom stereocenters. The summed E-state index contributed by atoms with van der Waals surface area (Å²) in [6.07, 6.45) is 3.18. The molecule has 1 unspecified atom stereocenters. The van der Waals surface area contributed by atoms with Gasteiger partial charge in [0.2, 0.25) is 0 Å². The van der Waals surface area contributed by atoms with Crippen molar-refractivity contribution in [3.05, 3.63) is 22.7 Å². The highest BCUT2D eigenvalue weighted by molar-refractivity contribution is 9.10. The zero-order valence-electron chi connectivity index (χ0n) is 11.2. The molecule has 0 fully saturated rings. The van der Waals surface area contributed by atoms with E-state index in [2.05, 4.69) is 45.3 Å². The van der Waals surface area contributed by atoms with Crippen LogP contribution in [0.1, 0.15) is 39.2 Å². The van der Waals surface area contributed by atoms with Gasteiger partial charge in [0.15, 0.2) is 5.82 Å². The number of anilines is 1. The maximum absolute atomic E-state index is 5.92. The van der Waals surface area contributed by atoms with Crippen molar-refractivity contribution in [2.75, 3.05) is 5.73 Å². The van der Waals surface area contributed by atoms with Gasteiger partial charge in [0.1, 0.15) is 0 Å². The van der Waals surface area contributed by atoms with Crippen LogP contribution >= 0.6 is 15.9 Å². The SMILES string of the molecule is CCCC(CC)n1nnnc1-c1cccc(N)c1Br. The quantitative estimate of drug-likeness (QED) is 0.856. The van der Waals surface area contributed by atoms with Crippen molar-refractivity contribution in [1.29, 1.82) is 0 Å². The molecule has 0 radical (unpaired) electrons. The Kier molecular flexibility index (Phi) is 4.52. The molecule has 0 bridgehead atoms. The number of benzene rings is 1. The van der Waals surface area contributed by atoms with Crippen molar-refractivity contribution < 1.29 is 0 Å². The zero-order chi connectivity index (χ0) is 13.8. The number of nitrogens with two attached hydrogens (primary N) is 1. The van der Waals surface area contributed by atoms with Gasteiger partial charge in [-0.05, 0) is 51.3 Å². The third-order valence-electron chi connectivity index (χ3n) is 3.20. The summed E-state index contributed by atoms with van der Waals surface area (Å²) in [4.78, 5) is 0. The van der Waals surface area contributed by atoms with Gasteiger partial charge in [-0.2, -0.15) is 0 Å². The highest BCUT2D eigenvalue weighted by Crippen LogP contribution is 2.32. The molecular formula is C13H18BrN5. The lowest BCUT2D eigenvalue weighted by molar-refractivity contribution is 0.403. The summed E-state index contributed by atoms with van der Waals surface area (Å²) in [6.45, 7) is 4.32. The Balaban J connectivity index is 2.46. The normalized spacial score (nSPS) is 12.6. The number of halogens is 1. The van der Waals surface area contributed by atoms with Crippen LogP contribution < -0.4 is 5.73 Å². The molecule has 0 aliphatic carbocycles. The number of nitrogens with zero attached hydrogens (tertiary/aromatic N) is 4. The first-order chi connectivity index (χ1) is 9.19. The van der Waals surface area contributed by atoms with Crippen molar-refractivity contribution in [3.63, 3.8) is 0 Å². The van der Waals surface area contributed by atoms with E-state index in [0.29, 0.717) is 11.7 Å². The van der Waals surface area contributed by atoms with Crippen LogP contribution in [0, 0.1) is 0 Å². The second kappa shape index (κ2) is 6.14. The monoisotopic (exact) mass is 323 g/mol. The van der Waals surface area contributed by atoms with E-state index in [1.165, 1.54) is 0 Å². The Morgan fingerprint density at radius 3 is 2.84 bits per heavy atom. The molecule has 1 aromatic carbocycles. The minimum atomic E-state index is 0.323. The number of nitrogen functional groups attached to an aromatic ring is 1. The fourth-order valence-corrected chi connectivity index (χ4v) is 2.61. The van der Waals surface area contributed by atoms with Crippen molar-refractivity contribution in [3.8, 4) is 11.4 Å². The summed E-state index contributed by atoms with van der Waals surface area (Å²) in [5, 5.41) is 12.1. The van der Waals surface area contributed by atoms with Gasteiger partial charge in [-0.15, -0.1) is 5.10 Å². The Bertz CT molecular complexity index is 552. The molecule has 5 nitrogen and oxygen atoms in total. The van der Waals surface area contributed by atoms with Crippen molar-refractivity contribution in [1.82, 2.24) is 20.2 Å². The number of hydrogen-bond acceptors (Lipinski definition) is 4. The Hall–Kier alpha value is -1.43. The van der Waals surface area contributed by atoms with Gasteiger partial charge in [-0.3, -0.25) is 0 Å². The zero-order valence-corrected chi connectivity index (χ0v) is 12.8. The number of hydrogen-bond donors (Lipinski definition) is 1. The molecule has 0 amide bonds. The third-order valence-corrected chi connectivity index (χ3v) is 4.09. The summed E-state index contributed by atoms with van der Waals surface area (Å²) in [6, 6.07) is 6.06. The lowest BCUT2D eigenvalue weighted by Crippen LogP contribution is -2.11. The van der Waals surface area contributed by atoms with E-state index in [1.54, 1.807) is 0 Å². The van der Waals surface area contributed by atoms with Crippen LogP contribution in [0.4, 0.5) is 5.69 Å². The van der Waals surface area contributed by atoms with Crippen LogP contribution in [0.3, 0.4) is 0 Å². The van der Waals surface area contributed by atoms with Gasteiger partial charge >= 0.3 is 0 Å². The maximum atomic E-state index is 5.92. The van der Waals surface area contributed by atoms with Gasteiger partial charge in [0.05, 0.1) is 10.5 Å². The molecule has 19 heavy (non-hydrogen) atoms. The topological polar surface area (TPSA) is 69.6 Å². The second-order valence-corrected chi connectivity index (χ2v) is 5.30. The number of aromatic nitrogens is 4. The van der Waals surface area contributed by atoms with Crippen LogP contribution in [0.15, 0.2) is 22.7 Å². The molecule has 1 heterocycles. The van der Waals surface area contributed by atoms with Crippen LogP contribution in [-0.4, -0.2) is 20.2 Å². The Morgan fingerprint density at radius 1 is 1.37 bits per heavy atom. The summed E-state index contributed by atoms with van der Waals surface area (Å²) in [7, 11) is 0. The van der Waals surface area contributed by atoms with Crippen molar-refractivity contribution >= 4 is 21.6 Å². The number of tetrazole rings is 1. The van der Waals surface area contributed by atoms with E-state index < -0.39 is 0 Å². The smallest absolute Gasteiger partial charge is 0.183 e. The molecule has 6 heteroatoms. The molecule has 102 valence electrons. The standard InChI is InChI=1S/C13H18BrN5/c1-3-6-9(4-2)19-13(16-17-18-19)10-7-5-8-11(15)12(10)14/h5,7-9H,3-4,6,15H2,1-2H3. The van der Waals surface area contributed by atoms with E-state index in [-0.39, 0.29) is 0 Å². The van der Waals surface area contributed by atoms with Crippen LogP contribution in [0.2, 0.25) is 0 Å². The predicted molar refractivity (Wildman–Crippen MR) is 79.6 cm³/mol. The average molecular weight is 324 g/mol. The first-order valence-corrected chi connectivity index (χ1v) is 7.30. The fraction of sp³-hybridized carbons (Fsp3) is 0.462. The van der Waals surface area contributed by atoms with Crippen molar-refractivity contribution in [2.24, 2.45) is 0 Å².